The minimum Gasteiger partial charge on any atom is -0.462 e. The molecule has 0 saturated carbocycles. The van der Waals surface area contributed by atoms with Gasteiger partial charge in [0.1, 0.15) is 19.8 Å². The summed E-state index contributed by atoms with van der Waals surface area (Å²) < 4.78 is 34.5. The molecule has 70 heavy (non-hydrogen) atoms. The predicted octanol–water partition coefficient (Wildman–Crippen LogP) is 18.1. The summed E-state index contributed by atoms with van der Waals surface area (Å²) in [5.74, 6) is -0.816. The predicted molar refractivity (Wildman–Crippen MR) is 298 cm³/mol. The molecule has 2 atom stereocenters. The maximum atomic E-state index is 12.8. The van der Waals surface area contributed by atoms with Gasteiger partial charge in [-0.15, -0.1) is 0 Å². The maximum Gasteiger partial charge on any atom is 0.472 e. The molecular formula is C60H113NO8P+. The second-order valence-corrected chi connectivity index (χ2v) is 22.5. The Balaban J connectivity index is 4.07. The molecule has 0 rings (SSSR count). The molecule has 0 radical (unpaired) electrons. The van der Waals surface area contributed by atoms with E-state index in [2.05, 4.69) is 62.5 Å². The molecule has 10 heteroatoms. The van der Waals surface area contributed by atoms with Crippen LogP contribution in [0.2, 0.25) is 0 Å². The van der Waals surface area contributed by atoms with Crippen LogP contribution in [0.3, 0.4) is 0 Å². The number of likely N-dealkylation sites (N-methyl/N-ethyl adjacent to an activating group) is 1. The summed E-state index contributed by atoms with van der Waals surface area (Å²) in [6, 6.07) is 0. The topological polar surface area (TPSA) is 108 Å². The van der Waals surface area contributed by atoms with E-state index in [-0.39, 0.29) is 32.0 Å². The molecule has 0 spiro atoms. The molecule has 0 aromatic carbocycles. The molecular weight excluding hydrogens is 894 g/mol. The lowest BCUT2D eigenvalue weighted by atomic mass is 10.0. The average Bonchev–Trinajstić information content (AvgIpc) is 3.32. The minimum absolute atomic E-state index is 0.0265. The number of hydrogen-bond donors (Lipinski definition) is 1. The van der Waals surface area contributed by atoms with Crippen LogP contribution in [0.5, 0.6) is 0 Å². The number of carbonyl (C=O) groups excluding carboxylic acids is 2. The highest BCUT2D eigenvalue weighted by molar-refractivity contribution is 7.47. The van der Waals surface area contributed by atoms with Crippen molar-refractivity contribution < 1.29 is 42.1 Å². The van der Waals surface area contributed by atoms with E-state index in [4.69, 9.17) is 18.5 Å². The van der Waals surface area contributed by atoms with Crippen LogP contribution in [0.15, 0.2) is 48.6 Å². The Morgan fingerprint density at radius 2 is 0.814 bits per heavy atom. The summed E-state index contributed by atoms with van der Waals surface area (Å²) in [4.78, 5) is 35.6. The number of hydrogen-bond acceptors (Lipinski definition) is 7. The molecule has 0 bridgehead atoms. The lowest BCUT2D eigenvalue weighted by molar-refractivity contribution is -0.870. The molecule has 0 saturated heterocycles. The third-order valence-electron chi connectivity index (χ3n) is 12.9. The molecule has 9 nitrogen and oxygen atoms in total. The van der Waals surface area contributed by atoms with Gasteiger partial charge >= 0.3 is 19.8 Å². The van der Waals surface area contributed by atoms with Gasteiger partial charge in [0.2, 0.25) is 0 Å². The number of nitrogens with zero attached hydrogens (tertiary/aromatic N) is 1. The van der Waals surface area contributed by atoms with Crippen molar-refractivity contribution in [3.05, 3.63) is 48.6 Å². The SMILES string of the molecule is CC/C=C\C/C=C\C/C=C\C/C=C\CCCCCCC(=O)OC(COC(=O)CCCCCCCCCCCCCCCCCCCCCCCCCCCCCCC)COP(=O)(O)OCC[N+](C)(C)C. The number of carbonyl (C=O) groups is 2. The second kappa shape index (κ2) is 51.9. The third-order valence-corrected chi connectivity index (χ3v) is 13.9. The van der Waals surface area contributed by atoms with Crippen molar-refractivity contribution in [2.75, 3.05) is 47.5 Å². The summed E-state index contributed by atoms with van der Waals surface area (Å²) in [7, 11) is 1.46. The van der Waals surface area contributed by atoms with Gasteiger partial charge in [-0.2, -0.15) is 0 Å². The molecule has 0 aromatic heterocycles. The Morgan fingerprint density at radius 3 is 1.21 bits per heavy atom. The van der Waals surface area contributed by atoms with E-state index in [1.54, 1.807) is 0 Å². The molecule has 1 N–H and O–H groups in total. The van der Waals surface area contributed by atoms with Gasteiger partial charge in [-0.05, 0) is 51.4 Å². The zero-order chi connectivity index (χ0) is 51.3. The van der Waals surface area contributed by atoms with E-state index in [1.165, 1.54) is 167 Å². The molecule has 0 heterocycles. The number of quaternary nitrogens is 1. The van der Waals surface area contributed by atoms with Gasteiger partial charge in [0.15, 0.2) is 6.10 Å². The van der Waals surface area contributed by atoms with Crippen LogP contribution >= 0.6 is 7.82 Å². The quantitative estimate of drug-likeness (QED) is 0.0211. The van der Waals surface area contributed by atoms with Crippen molar-refractivity contribution >= 4 is 19.8 Å². The minimum atomic E-state index is -4.39. The highest BCUT2D eigenvalue weighted by Crippen LogP contribution is 2.43. The van der Waals surface area contributed by atoms with Crippen molar-refractivity contribution in [3.63, 3.8) is 0 Å². The zero-order valence-corrected chi connectivity index (χ0v) is 47.4. The van der Waals surface area contributed by atoms with Crippen LogP contribution in [0.25, 0.3) is 0 Å². The van der Waals surface area contributed by atoms with Gasteiger partial charge in [0.25, 0.3) is 0 Å². The molecule has 0 aliphatic rings. The van der Waals surface area contributed by atoms with E-state index >= 15 is 0 Å². The number of ether oxygens (including phenoxy) is 2. The van der Waals surface area contributed by atoms with Gasteiger partial charge in [-0.3, -0.25) is 18.6 Å². The fraction of sp³-hybridized carbons (Fsp3) is 0.833. The Hall–Kier alpha value is -2.03. The van der Waals surface area contributed by atoms with E-state index in [1.807, 2.05) is 21.1 Å². The summed E-state index contributed by atoms with van der Waals surface area (Å²) in [6.07, 6.45) is 64.9. The molecule has 0 aliphatic heterocycles. The lowest BCUT2D eigenvalue weighted by Crippen LogP contribution is -2.37. The van der Waals surface area contributed by atoms with E-state index in [0.29, 0.717) is 17.4 Å². The highest BCUT2D eigenvalue weighted by Gasteiger charge is 2.27. The number of phosphoric acid groups is 1. The van der Waals surface area contributed by atoms with Crippen LogP contribution in [-0.2, 0) is 32.7 Å². The van der Waals surface area contributed by atoms with E-state index < -0.39 is 26.5 Å². The Labute approximate surface area is 433 Å². The van der Waals surface area contributed by atoms with Crippen molar-refractivity contribution in [1.82, 2.24) is 0 Å². The van der Waals surface area contributed by atoms with Gasteiger partial charge in [-0.25, -0.2) is 4.57 Å². The Morgan fingerprint density at radius 1 is 0.457 bits per heavy atom. The third kappa shape index (κ3) is 55.3. The van der Waals surface area contributed by atoms with E-state index in [9.17, 15) is 19.0 Å². The van der Waals surface area contributed by atoms with E-state index in [0.717, 1.165) is 70.6 Å². The number of unbranched alkanes of at least 4 members (excludes halogenated alkanes) is 32. The van der Waals surface area contributed by atoms with Gasteiger partial charge in [0, 0.05) is 12.8 Å². The number of esters is 2. The van der Waals surface area contributed by atoms with Gasteiger partial charge < -0.3 is 18.9 Å². The second-order valence-electron chi connectivity index (χ2n) is 21.0. The molecule has 0 fully saturated rings. The lowest BCUT2D eigenvalue weighted by Gasteiger charge is -2.24. The monoisotopic (exact) mass is 1010 g/mol. The molecule has 0 aliphatic carbocycles. The van der Waals surface area contributed by atoms with Crippen molar-refractivity contribution in [1.29, 1.82) is 0 Å². The standard InChI is InChI=1S/C60H112NO8P/c1-6-8-10-12-14-16-18-20-22-24-25-26-27-28-29-30-31-32-33-34-35-37-38-40-42-44-46-48-50-52-59(62)66-56-58(57-68-70(64,65)67-55-54-61(3,4)5)69-60(63)53-51-49-47-45-43-41-39-36-23-21-19-17-15-13-11-9-7-2/h9,11,15,17,21,23,39,41,58H,6-8,10,12-14,16,18-20,22,24-38,40,42-57H2,1-5H3/p+1/b11-9-,17-15-,23-21-,41-39-. The number of rotatable bonds is 54. The summed E-state index contributed by atoms with van der Waals surface area (Å²) in [6.45, 7) is 4.32. The van der Waals surface area contributed by atoms with Gasteiger partial charge in [-0.1, -0.05) is 255 Å². The van der Waals surface area contributed by atoms with Crippen LogP contribution in [0, 0.1) is 0 Å². The first-order chi connectivity index (χ1) is 34.0. The summed E-state index contributed by atoms with van der Waals surface area (Å²) >= 11 is 0. The van der Waals surface area contributed by atoms with Crippen molar-refractivity contribution in [2.45, 2.75) is 277 Å². The summed E-state index contributed by atoms with van der Waals surface area (Å²) in [5.41, 5.74) is 0. The first-order valence-corrected chi connectivity index (χ1v) is 30.9. The summed E-state index contributed by atoms with van der Waals surface area (Å²) in [5, 5.41) is 0. The Bertz CT molecular complexity index is 1320. The normalized spacial score (nSPS) is 13.6. The number of allylic oxidation sites excluding steroid dienone is 8. The van der Waals surface area contributed by atoms with Crippen LogP contribution in [0.1, 0.15) is 271 Å². The van der Waals surface area contributed by atoms with Crippen molar-refractivity contribution in [2.24, 2.45) is 0 Å². The van der Waals surface area contributed by atoms with Crippen LogP contribution in [0.4, 0.5) is 0 Å². The van der Waals surface area contributed by atoms with Crippen molar-refractivity contribution in [3.8, 4) is 0 Å². The first-order valence-electron chi connectivity index (χ1n) is 29.4. The Kier molecular flexibility index (Phi) is 50.4. The fourth-order valence-electron chi connectivity index (χ4n) is 8.36. The molecule has 2 unspecified atom stereocenters. The van der Waals surface area contributed by atoms with Crippen LogP contribution in [-0.4, -0.2) is 74.9 Å². The average molecular weight is 1010 g/mol. The van der Waals surface area contributed by atoms with Gasteiger partial charge in [0.05, 0.1) is 27.7 Å². The molecule has 410 valence electrons. The first kappa shape index (κ1) is 68.0. The molecule has 0 aromatic rings. The highest BCUT2D eigenvalue weighted by atomic mass is 31.2. The number of phosphoric ester groups is 1. The smallest absolute Gasteiger partial charge is 0.462 e. The molecule has 0 amide bonds. The van der Waals surface area contributed by atoms with Crippen LogP contribution < -0.4 is 0 Å². The maximum absolute atomic E-state index is 12.8. The zero-order valence-electron chi connectivity index (χ0n) is 46.5. The largest absolute Gasteiger partial charge is 0.472 e. The fourth-order valence-corrected chi connectivity index (χ4v) is 9.10.